The molecule has 3 aromatic rings. The van der Waals surface area contributed by atoms with Crippen molar-refractivity contribution in [3.05, 3.63) is 89.0 Å². The lowest BCUT2D eigenvalue weighted by Crippen LogP contribution is -2.43. The Morgan fingerprint density at radius 3 is 2.57 bits per heavy atom. The topological polar surface area (TPSA) is 70.7 Å². The molecule has 0 aromatic heterocycles. The van der Waals surface area contributed by atoms with Crippen molar-refractivity contribution in [3.63, 3.8) is 0 Å². The van der Waals surface area contributed by atoms with Crippen LogP contribution in [0.4, 0.5) is 4.79 Å². The van der Waals surface area contributed by atoms with Gasteiger partial charge in [0.05, 0.1) is 7.11 Å². The van der Waals surface area contributed by atoms with E-state index in [0.717, 1.165) is 40.8 Å². The summed E-state index contributed by atoms with van der Waals surface area (Å²) >= 11 is 0. The third-order valence-electron chi connectivity index (χ3n) is 7.31. The molecule has 0 radical (unpaired) electrons. The fourth-order valence-corrected chi connectivity index (χ4v) is 5.27. The third kappa shape index (κ3) is 5.63. The summed E-state index contributed by atoms with van der Waals surface area (Å²) in [6, 6.07) is 22.5. The molecule has 2 atom stereocenters. The molecule has 194 valence electrons. The zero-order valence-corrected chi connectivity index (χ0v) is 20.9. The Labute approximate surface area is 220 Å². The molecule has 37 heavy (non-hydrogen) atoms. The van der Waals surface area contributed by atoms with Gasteiger partial charge in [0.25, 0.3) is 0 Å². The zero-order valence-electron chi connectivity index (χ0n) is 20.9. The van der Waals surface area contributed by atoms with Gasteiger partial charge in [0, 0.05) is 32.1 Å². The third-order valence-corrected chi connectivity index (χ3v) is 7.31. The van der Waals surface area contributed by atoms with Crippen molar-refractivity contribution in [2.75, 3.05) is 20.2 Å². The molecule has 3 amide bonds. The van der Waals surface area contributed by atoms with Crippen LogP contribution in [0.1, 0.15) is 48.9 Å². The van der Waals surface area contributed by atoms with E-state index < -0.39 is 0 Å². The number of nitrogens with zero attached hydrogens (tertiary/aromatic N) is 1. The van der Waals surface area contributed by atoms with Gasteiger partial charge in [0.2, 0.25) is 5.91 Å². The molecule has 1 aliphatic heterocycles. The predicted molar refractivity (Wildman–Crippen MR) is 147 cm³/mol. The first-order chi connectivity index (χ1) is 17.6. The van der Waals surface area contributed by atoms with E-state index in [-0.39, 0.29) is 25.3 Å². The summed E-state index contributed by atoms with van der Waals surface area (Å²) in [5, 5.41) is 6.10. The molecule has 2 aliphatic rings. The Kier molecular flexibility index (Phi) is 8.17. The fourth-order valence-electron chi connectivity index (χ4n) is 5.27. The second-order valence-electron chi connectivity index (χ2n) is 9.55. The Morgan fingerprint density at radius 2 is 1.81 bits per heavy atom. The van der Waals surface area contributed by atoms with Crippen LogP contribution in [-0.4, -0.2) is 37.0 Å². The zero-order chi connectivity index (χ0) is 25.1. The fraction of sp³-hybridized carbons (Fsp3) is 0.355. The summed E-state index contributed by atoms with van der Waals surface area (Å²) in [7, 11) is 1.67. The highest BCUT2D eigenvalue weighted by molar-refractivity contribution is 5.83. The van der Waals surface area contributed by atoms with E-state index in [0.29, 0.717) is 32.1 Å². The van der Waals surface area contributed by atoms with Crippen molar-refractivity contribution in [2.24, 2.45) is 5.92 Å². The molecule has 1 aliphatic carbocycles. The first-order valence-corrected chi connectivity index (χ1v) is 12.7. The minimum absolute atomic E-state index is 0. The number of hydrogen-bond donors (Lipinski definition) is 2. The average molecular weight is 500 g/mol. The van der Waals surface area contributed by atoms with E-state index in [9.17, 15) is 9.59 Å². The van der Waals surface area contributed by atoms with Gasteiger partial charge in [-0.3, -0.25) is 4.79 Å². The van der Waals surface area contributed by atoms with Crippen LogP contribution in [0.25, 0.3) is 11.1 Å². The number of amides is 3. The van der Waals surface area contributed by atoms with Crippen LogP contribution in [0.2, 0.25) is 0 Å². The molecule has 1 fully saturated rings. The van der Waals surface area contributed by atoms with E-state index in [1.165, 1.54) is 11.1 Å². The lowest BCUT2D eigenvalue weighted by atomic mass is 9.87. The minimum atomic E-state index is -0.0476. The summed E-state index contributed by atoms with van der Waals surface area (Å²) in [6.45, 7) is 4.17. The smallest absolute Gasteiger partial charge is 0.317 e. The van der Waals surface area contributed by atoms with Crippen LogP contribution in [0, 0.1) is 5.92 Å². The second-order valence-corrected chi connectivity index (χ2v) is 9.55. The molecule has 6 nitrogen and oxygen atoms in total. The molecule has 6 heteroatoms. The van der Waals surface area contributed by atoms with Crippen LogP contribution in [-0.2, 0) is 24.3 Å². The number of carbonyl (C=O) groups is 2. The first-order valence-electron chi connectivity index (χ1n) is 12.7. The quantitative estimate of drug-likeness (QED) is 0.451. The maximum Gasteiger partial charge on any atom is 0.317 e. The molecular weight excluding hydrogens is 462 g/mol. The largest absolute Gasteiger partial charge is 0.497 e. The van der Waals surface area contributed by atoms with Crippen LogP contribution >= 0.6 is 0 Å². The Hall–Kier alpha value is -3.80. The molecule has 5 rings (SSSR count). The lowest BCUT2D eigenvalue weighted by Gasteiger charge is -2.32. The van der Waals surface area contributed by atoms with Gasteiger partial charge in [-0.2, -0.15) is 0 Å². The monoisotopic (exact) mass is 499 g/mol. The number of nitrogens with one attached hydrogen (secondary N) is 2. The number of methoxy groups -OCH3 is 1. The van der Waals surface area contributed by atoms with Crippen LogP contribution in [0.15, 0.2) is 66.7 Å². The Morgan fingerprint density at radius 1 is 1.00 bits per heavy atom. The number of urea groups is 1. The maximum absolute atomic E-state index is 12.9. The molecular formula is C31H37N3O3. The molecule has 0 spiro atoms. The van der Waals surface area contributed by atoms with Crippen molar-refractivity contribution in [3.8, 4) is 16.9 Å². The standard InChI is InChI=1S/C30H33N3O3.CH4/c1-3-31-30(35)33-15-14-25-24(21-10-7-11-23(16-21)36-2)13-12-22(28(25)19-33)18-32-29(34)27-17-26(27)20-8-5-4-6-9-20;/h4-13,16,26-27H,3,14-15,17-19H2,1-2H3,(H,31,35)(H,32,34);1H4/t26-,27+;/m0./s1. The van der Waals surface area contributed by atoms with Gasteiger partial charge in [-0.25, -0.2) is 4.79 Å². The predicted octanol–water partition coefficient (Wildman–Crippen LogP) is 5.51. The summed E-state index contributed by atoms with van der Waals surface area (Å²) in [4.78, 5) is 27.4. The summed E-state index contributed by atoms with van der Waals surface area (Å²) in [5.41, 5.74) is 6.91. The van der Waals surface area contributed by atoms with E-state index in [1.54, 1.807) is 7.11 Å². The molecule has 0 saturated heterocycles. The number of benzene rings is 3. The minimum Gasteiger partial charge on any atom is -0.497 e. The van der Waals surface area contributed by atoms with Crippen LogP contribution < -0.4 is 15.4 Å². The number of fused-ring (bicyclic) bond motifs is 1. The van der Waals surface area contributed by atoms with Gasteiger partial charge in [0.1, 0.15) is 5.75 Å². The van der Waals surface area contributed by atoms with Crippen molar-refractivity contribution in [1.82, 2.24) is 15.5 Å². The molecule has 2 N–H and O–H groups in total. The number of rotatable bonds is 7. The molecule has 0 unspecified atom stereocenters. The first kappa shape index (κ1) is 26.3. The highest BCUT2D eigenvalue weighted by Gasteiger charge is 2.43. The van der Waals surface area contributed by atoms with Crippen molar-refractivity contribution in [1.29, 1.82) is 0 Å². The van der Waals surface area contributed by atoms with Crippen molar-refractivity contribution in [2.45, 2.75) is 46.2 Å². The normalized spacial score (nSPS) is 17.7. The lowest BCUT2D eigenvalue weighted by molar-refractivity contribution is -0.122. The maximum atomic E-state index is 12.9. The van der Waals surface area contributed by atoms with Gasteiger partial charge in [-0.05, 0) is 71.2 Å². The summed E-state index contributed by atoms with van der Waals surface area (Å²) < 4.78 is 5.44. The highest BCUT2D eigenvalue weighted by Crippen LogP contribution is 2.47. The highest BCUT2D eigenvalue weighted by atomic mass is 16.5. The molecule has 1 heterocycles. The van der Waals surface area contributed by atoms with E-state index >= 15 is 0 Å². The Bertz CT molecular complexity index is 1260. The summed E-state index contributed by atoms with van der Waals surface area (Å²) in [5.74, 6) is 1.26. The average Bonchev–Trinajstić information content (AvgIpc) is 3.73. The van der Waals surface area contributed by atoms with Gasteiger partial charge in [-0.15, -0.1) is 0 Å². The van der Waals surface area contributed by atoms with Gasteiger partial charge >= 0.3 is 6.03 Å². The van der Waals surface area contributed by atoms with Gasteiger partial charge in [0.15, 0.2) is 0 Å². The molecule has 0 bridgehead atoms. The molecule has 3 aromatic carbocycles. The number of carbonyl (C=O) groups excluding carboxylic acids is 2. The van der Waals surface area contributed by atoms with E-state index in [4.69, 9.17) is 4.74 Å². The van der Waals surface area contributed by atoms with E-state index in [1.807, 2.05) is 48.2 Å². The number of ether oxygens (including phenoxy) is 1. The van der Waals surface area contributed by atoms with E-state index in [2.05, 4.69) is 41.0 Å². The van der Waals surface area contributed by atoms with Gasteiger partial charge in [-0.1, -0.05) is 62.0 Å². The van der Waals surface area contributed by atoms with Crippen molar-refractivity contribution < 1.29 is 14.3 Å². The second kappa shape index (κ2) is 11.5. The SMILES string of the molecule is C.CCNC(=O)N1CCc2c(-c3cccc(OC)c3)ccc(CNC(=O)[C@@H]3C[C@H]3c3ccccc3)c2C1. The van der Waals surface area contributed by atoms with Gasteiger partial charge < -0.3 is 20.3 Å². The van der Waals surface area contributed by atoms with Crippen LogP contribution in [0.3, 0.4) is 0 Å². The number of hydrogen-bond acceptors (Lipinski definition) is 3. The van der Waals surface area contributed by atoms with Crippen LogP contribution in [0.5, 0.6) is 5.75 Å². The van der Waals surface area contributed by atoms with Crippen molar-refractivity contribution >= 4 is 11.9 Å². The summed E-state index contributed by atoms with van der Waals surface area (Å²) in [6.07, 6.45) is 1.66. The molecule has 1 saturated carbocycles. The Balaban J connectivity index is 0.00000320.